The Morgan fingerprint density at radius 3 is 2.45 bits per heavy atom. The summed E-state index contributed by atoms with van der Waals surface area (Å²) in [6, 6.07) is 10.8. The standard InChI is InChI=1S/C31H38F2N4O3/c1-19(38)35-28(13-21-11-25(32)15-26(33)12-21)29(40)17-34-31(24-8-6-7-23(14-24)30(3,4)5)10-9-27-22(16-31)18-37(36-27)20(2)39/h6-8,11-12,14-15,18,28-29,34,40H,9-10,13,16-17H2,1-5H3,(H,35,38)/t28-,29+,31?/m0/s1. The summed E-state index contributed by atoms with van der Waals surface area (Å²) in [7, 11) is 0. The van der Waals surface area contributed by atoms with Crippen LogP contribution in [0.15, 0.2) is 48.7 Å². The van der Waals surface area contributed by atoms with Gasteiger partial charge in [-0.2, -0.15) is 5.10 Å². The lowest BCUT2D eigenvalue weighted by Gasteiger charge is -2.40. The average Bonchev–Trinajstić information content (AvgIpc) is 3.29. The zero-order valence-corrected chi connectivity index (χ0v) is 23.7. The van der Waals surface area contributed by atoms with Crippen molar-refractivity contribution in [3.05, 3.63) is 88.2 Å². The van der Waals surface area contributed by atoms with Crippen molar-refractivity contribution in [1.29, 1.82) is 0 Å². The summed E-state index contributed by atoms with van der Waals surface area (Å²) >= 11 is 0. The van der Waals surface area contributed by atoms with Crippen LogP contribution in [0, 0.1) is 11.6 Å². The molecule has 214 valence electrons. The minimum Gasteiger partial charge on any atom is -0.390 e. The number of nitrogens with zero attached hydrogens (tertiary/aromatic N) is 2. The van der Waals surface area contributed by atoms with Gasteiger partial charge in [0.25, 0.3) is 0 Å². The molecule has 9 heteroatoms. The van der Waals surface area contributed by atoms with Crippen molar-refractivity contribution in [1.82, 2.24) is 20.4 Å². The van der Waals surface area contributed by atoms with E-state index in [1.807, 2.05) is 6.07 Å². The first-order chi connectivity index (χ1) is 18.8. The maximum Gasteiger partial charge on any atom is 0.243 e. The lowest BCUT2D eigenvalue weighted by Crippen LogP contribution is -2.54. The first-order valence-electron chi connectivity index (χ1n) is 13.6. The first-order valence-corrected chi connectivity index (χ1v) is 13.6. The fourth-order valence-electron chi connectivity index (χ4n) is 5.46. The number of aliphatic hydroxyl groups excluding tert-OH is 1. The molecule has 0 saturated carbocycles. The van der Waals surface area contributed by atoms with Gasteiger partial charge in [-0.3, -0.25) is 9.59 Å². The third-order valence-corrected chi connectivity index (χ3v) is 7.64. The number of hydrogen-bond acceptors (Lipinski definition) is 5. The Kier molecular flexibility index (Phi) is 8.56. The number of aryl methyl sites for hydroxylation is 1. The molecular weight excluding hydrogens is 514 g/mol. The van der Waals surface area contributed by atoms with Crippen molar-refractivity contribution in [2.75, 3.05) is 6.54 Å². The summed E-state index contributed by atoms with van der Waals surface area (Å²) in [5, 5.41) is 22.1. The Hall–Kier alpha value is -3.43. The van der Waals surface area contributed by atoms with Crippen LogP contribution in [0.4, 0.5) is 8.78 Å². The molecule has 3 aromatic rings. The largest absolute Gasteiger partial charge is 0.390 e. The topological polar surface area (TPSA) is 96.2 Å². The van der Waals surface area contributed by atoms with Crippen molar-refractivity contribution >= 4 is 11.8 Å². The summed E-state index contributed by atoms with van der Waals surface area (Å²) in [5.74, 6) is -1.95. The maximum atomic E-state index is 13.8. The highest BCUT2D eigenvalue weighted by atomic mass is 19.1. The lowest BCUT2D eigenvalue weighted by molar-refractivity contribution is -0.120. The quantitative estimate of drug-likeness (QED) is 0.389. The van der Waals surface area contributed by atoms with Crippen molar-refractivity contribution in [2.24, 2.45) is 0 Å². The molecule has 2 aromatic carbocycles. The molecule has 1 aliphatic carbocycles. The van der Waals surface area contributed by atoms with Crippen LogP contribution in [0.2, 0.25) is 0 Å². The lowest BCUT2D eigenvalue weighted by atomic mass is 9.74. The molecule has 1 aromatic heterocycles. The summed E-state index contributed by atoms with van der Waals surface area (Å²) in [6.45, 7) is 9.38. The monoisotopic (exact) mass is 552 g/mol. The highest BCUT2D eigenvalue weighted by molar-refractivity contribution is 5.75. The number of carbonyl (C=O) groups is 2. The van der Waals surface area contributed by atoms with E-state index in [0.717, 1.165) is 22.9 Å². The van der Waals surface area contributed by atoms with E-state index in [1.54, 1.807) is 6.20 Å². The molecule has 4 rings (SSSR count). The van der Waals surface area contributed by atoms with Gasteiger partial charge in [-0.05, 0) is 65.5 Å². The minimum absolute atomic E-state index is 0.0547. The van der Waals surface area contributed by atoms with Gasteiger partial charge < -0.3 is 15.7 Å². The van der Waals surface area contributed by atoms with Gasteiger partial charge in [-0.25, -0.2) is 13.5 Å². The predicted octanol–water partition coefficient (Wildman–Crippen LogP) is 4.20. The minimum atomic E-state index is -1.06. The molecular formula is C31H38F2N4O3. The molecule has 0 fully saturated rings. The molecule has 1 unspecified atom stereocenters. The second kappa shape index (κ2) is 11.6. The molecule has 0 saturated heterocycles. The molecule has 40 heavy (non-hydrogen) atoms. The molecule has 3 atom stereocenters. The van der Waals surface area contributed by atoms with Gasteiger partial charge in [-0.15, -0.1) is 0 Å². The van der Waals surface area contributed by atoms with E-state index in [1.165, 1.54) is 36.2 Å². The van der Waals surface area contributed by atoms with Crippen molar-refractivity contribution in [2.45, 2.75) is 83.4 Å². The number of nitrogens with one attached hydrogen (secondary N) is 2. The van der Waals surface area contributed by atoms with Crippen LogP contribution in [0.25, 0.3) is 0 Å². The van der Waals surface area contributed by atoms with Crippen molar-refractivity contribution in [3.63, 3.8) is 0 Å². The number of rotatable bonds is 8. The summed E-state index contributed by atoms with van der Waals surface area (Å²) < 4.78 is 29.0. The van der Waals surface area contributed by atoms with Crippen LogP contribution in [-0.4, -0.2) is 45.4 Å². The van der Waals surface area contributed by atoms with E-state index >= 15 is 0 Å². The Balaban J connectivity index is 1.64. The average molecular weight is 553 g/mol. The van der Waals surface area contributed by atoms with E-state index in [2.05, 4.69) is 54.7 Å². The van der Waals surface area contributed by atoms with Crippen LogP contribution in [0.5, 0.6) is 0 Å². The van der Waals surface area contributed by atoms with Crippen LogP contribution in [0.1, 0.15) is 73.8 Å². The van der Waals surface area contributed by atoms with Crippen LogP contribution < -0.4 is 10.6 Å². The van der Waals surface area contributed by atoms with Gasteiger partial charge in [0.05, 0.1) is 17.8 Å². The van der Waals surface area contributed by atoms with Crippen LogP contribution in [-0.2, 0) is 35.0 Å². The highest BCUT2D eigenvalue weighted by Crippen LogP contribution is 2.38. The third kappa shape index (κ3) is 6.82. The summed E-state index contributed by atoms with van der Waals surface area (Å²) in [5.41, 5.74) is 3.74. The van der Waals surface area contributed by atoms with E-state index in [9.17, 15) is 23.5 Å². The zero-order valence-electron chi connectivity index (χ0n) is 23.7. The zero-order chi connectivity index (χ0) is 29.2. The van der Waals surface area contributed by atoms with Crippen molar-refractivity contribution in [3.8, 4) is 0 Å². The maximum absolute atomic E-state index is 13.8. The fraction of sp³-hybridized carbons (Fsp3) is 0.452. The summed E-state index contributed by atoms with van der Waals surface area (Å²) in [4.78, 5) is 24.0. The second-order valence-electron chi connectivity index (χ2n) is 11.9. The first kappa shape index (κ1) is 29.6. The second-order valence-corrected chi connectivity index (χ2v) is 11.9. The van der Waals surface area contributed by atoms with Crippen LogP contribution in [0.3, 0.4) is 0 Å². The van der Waals surface area contributed by atoms with E-state index in [0.29, 0.717) is 24.8 Å². The molecule has 0 bridgehead atoms. The Bertz CT molecular complexity index is 1380. The Morgan fingerprint density at radius 1 is 1.12 bits per heavy atom. The van der Waals surface area contributed by atoms with Gasteiger partial charge in [-0.1, -0.05) is 45.0 Å². The normalized spacial score (nSPS) is 18.6. The molecule has 1 heterocycles. The molecule has 3 N–H and O–H groups in total. The predicted molar refractivity (Wildman–Crippen MR) is 149 cm³/mol. The number of halogens is 2. The van der Waals surface area contributed by atoms with Gasteiger partial charge >= 0.3 is 0 Å². The smallest absolute Gasteiger partial charge is 0.243 e. The Morgan fingerprint density at radius 2 is 1.82 bits per heavy atom. The van der Waals surface area contributed by atoms with Gasteiger partial charge in [0.15, 0.2) is 0 Å². The Labute approximate surface area is 234 Å². The molecule has 7 nitrogen and oxygen atoms in total. The number of aromatic nitrogens is 2. The van der Waals surface area contributed by atoms with Crippen molar-refractivity contribution < 1.29 is 23.5 Å². The molecule has 0 spiro atoms. The number of benzene rings is 2. The van der Waals surface area contributed by atoms with Gasteiger partial charge in [0.1, 0.15) is 11.6 Å². The third-order valence-electron chi connectivity index (χ3n) is 7.64. The number of aliphatic hydroxyl groups is 1. The fourth-order valence-corrected chi connectivity index (χ4v) is 5.46. The van der Waals surface area contributed by atoms with Crippen LogP contribution >= 0.6 is 0 Å². The number of fused-ring (bicyclic) bond motifs is 1. The van der Waals surface area contributed by atoms with Gasteiger partial charge in [0, 0.05) is 38.2 Å². The molecule has 1 aliphatic rings. The van der Waals surface area contributed by atoms with E-state index in [4.69, 9.17) is 0 Å². The molecule has 1 amide bonds. The van der Waals surface area contributed by atoms with E-state index < -0.39 is 29.3 Å². The van der Waals surface area contributed by atoms with Gasteiger partial charge in [0.2, 0.25) is 11.8 Å². The van der Waals surface area contributed by atoms with E-state index in [-0.39, 0.29) is 30.2 Å². The molecule has 0 radical (unpaired) electrons. The highest BCUT2D eigenvalue weighted by Gasteiger charge is 2.39. The number of hydrogen-bond donors (Lipinski definition) is 3. The molecule has 0 aliphatic heterocycles. The number of carbonyl (C=O) groups excluding carboxylic acids is 2. The number of amides is 1. The SMILES string of the molecule is CC(=O)N[C@@H](Cc1cc(F)cc(F)c1)[C@H](O)CNC1(c2cccc(C(C)(C)C)c2)CCc2nn(C(C)=O)cc2C1. The summed E-state index contributed by atoms with van der Waals surface area (Å²) in [6.07, 6.45) is 2.63.